The Balaban J connectivity index is 2.26. The van der Waals surface area contributed by atoms with Gasteiger partial charge in [0.2, 0.25) is 0 Å². The molecule has 1 aliphatic rings. The number of carbonyl (C=O) groups is 1. The number of ether oxygens (including phenoxy) is 1. The van der Waals surface area contributed by atoms with Crippen molar-refractivity contribution in [3.8, 4) is 5.75 Å². The Kier molecular flexibility index (Phi) is 3.50. The normalized spacial score (nSPS) is 18.0. The molecular formula is C12H13Cl2NO2. The summed E-state index contributed by atoms with van der Waals surface area (Å²) in [6.45, 7) is 0. The number of nitrogens with two attached hydrogens (primary N) is 1. The number of amides is 1. The summed E-state index contributed by atoms with van der Waals surface area (Å²) in [6, 6.07) is 4.88. The number of hydrogen-bond acceptors (Lipinski definition) is 2. The Morgan fingerprint density at radius 1 is 1.18 bits per heavy atom. The van der Waals surface area contributed by atoms with Crippen LogP contribution in [0.1, 0.15) is 25.7 Å². The van der Waals surface area contributed by atoms with Gasteiger partial charge in [0.25, 0.3) is 5.91 Å². The van der Waals surface area contributed by atoms with E-state index < -0.39 is 11.5 Å². The first kappa shape index (κ1) is 12.5. The summed E-state index contributed by atoms with van der Waals surface area (Å²) in [5, 5.41) is 0.954. The largest absolute Gasteiger partial charge is 0.477 e. The summed E-state index contributed by atoms with van der Waals surface area (Å²) in [5.41, 5.74) is 4.53. The standard InChI is InChI=1S/C12H13Cl2NO2/c13-8-5-9(14)7-10(6-8)17-12(11(15)16)3-1-2-4-12/h5-7H,1-4H2,(H2,15,16). The van der Waals surface area contributed by atoms with E-state index in [1.54, 1.807) is 18.2 Å². The molecule has 2 rings (SSSR count). The second-order valence-electron chi connectivity index (χ2n) is 4.27. The molecule has 0 saturated heterocycles. The SMILES string of the molecule is NC(=O)C1(Oc2cc(Cl)cc(Cl)c2)CCCC1. The van der Waals surface area contributed by atoms with Crippen molar-refractivity contribution >= 4 is 29.1 Å². The predicted molar refractivity (Wildman–Crippen MR) is 67.5 cm³/mol. The average Bonchev–Trinajstić information content (AvgIpc) is 2.65. The minimum absolute atomic E-state index is 0.425. The van der Waals surface area contributed by atoms with Crippen molar-refractivity contribution in [2.75, 3.05) is 0 Å². The van der Waals surface area contributed by atoms with Gasteiger partial charge in [-0.05, 0) is 43.9 Å². The Hall–Kier alpha value is -0.930. The predicted octanol–water partition coefficient (Wildman–Crippen LogP) is 3.17. The van der Waals surface area contributed by atoms with Crippen LogP contribution in [0.2, 0.25) is 10.0 Å². The lowest BCUT2D eigenvalue weighted by Crippen LogP contribution is -2.46. The van der Waals surface area contributed by atoms with E-state index in [1.165, 1.54) is 0 Å². The third-order valence-electron chi connectivity index (χ3n) is 3.01. The van der Waals surface area contributed by atoms with Crippen molar-refractivity contribution in [2.24, 2.45) is 5.73 Å². The zero-order valence-electron chi connectivity index (χ0n) is 9.21. The molecule has 1 amide bonds. The molecule has 0 unspecified atom stereocenters. The highest BCUT2D eigenvalue weighted by molar-refractivity contribution is 6.34. The maximum Gasteiger partial charge on any atom is 0.261 e. The fourth-order valence-corrected chi connectivity index (χ4v) is 2.66. The number of benzene rings is 1. The van der Waals surface area contributed by atoms with Crippen LogP contribution < -0.4 is 10.5 Å². The van der Waals surface area contributed by atoms with Crippen LogP contribution in [0.5, 0.6) is 5.75 Å². The summed E-state index contributed by atoms with van der Waals surface area (Å²) in [5.74, 6) is 0.0642. The minimum atomic E-state index is -0.895. The van der Waals surface area contributed by atoms with Crippen LogP contribution in [0.25, 0.3) is 0 Å². The van der Waals surface area contributed by atoms with Crippen LogP contribution in [0.15, 0.2) is 18.2 Å². The molecule has 1 aromatic carbocycles. The molecule has 0 aliphatic heterocycles. The zero-order valence-corrected chi connectivity index (χ0v) is 10.7. The summed E-state index contributed by atoms with van der Waals surface area (Å²) in [4.78, 5) is 11.5. The third kappa shape index (κ3) is 2.67. The van der Waals surface area contributed by atoms with E-state index in [1.807, 2.05) is 0 Å². The van der Waals surface area contributed by atoms with E-state index in [2.05, 4.69) is 0 Å². The summed E-state index contributed by atoms with van der Waals surface area (Å²) in [7, 11) is 0. The number of hydrogen-bond donors (Lipinski definition) is 1. The van der Waals surface area contributed by atoms with Gasteiger partial charge in [-0.2, -0.15) is 0 Å². The van der Waals surface area contributed by atoms with Crippen molar-refractivity contribution in [1.82, 2.24) is 0 Å². The second-order valence-corrected chi connectivity index (χ2v) is 5.15. The van der Waals surface area contributed by atoms with Crippen LogP contribution in [-0.2, 0) is 4.79 Å². The molecule has 0 heterocycles. The highest BCUT2D eigenvalue weighted by atomic mass is 35.5. The van der Waals surface area contributed by atoms with E-state index in [4.69, 9.17) is 33.7 Å². The highest BCUT2D eigenvalue weighted by Gasteiger charge is 2.42. The van der Waals surface area contributed by atoms with Crippen LogP contribution in [0, 0.1) is 0 Å². The molecule has 3 nitrogen and oxygen atoms in total. The fraction of sp³-hybridized carbons (Fsp3) is 0.417. The van der Waals surface area contributed by atoms with Gasteiger partial charge >= 0.3 is 0 Å². The first-order valence-electron chi connectivity index (χ1n) is 5.47. The van der Waals surface area contributed by atoms with Gasteiger partial charge in [-0.15, -0.1) is 0 Å². The molecule has 17 heavy (non-hydrogen) atoms. The molecule has 0 aromatic heterocycles. The molecule has 92 valence electrons. The van der Waals surface area contributed by atoms with E-state index >= 15 is 0 Å². The summed E-state index contributed by atoms with van der Waals surface area (Å²) in [6.07, 6.45) is 3.17. The lowest BCUT2D eigenvalue weighted by Gasteiger charge is -2.26. The van der Waals surface area contributed by atoms with Crippen molar-refractivity contribution in [1.29, 1.82) is 0 Å². The first-order valence-corrected chi connectivity index (χ1v) is 6.22. The minimum Gasteiger partial charge on any atom is -0.477 e. The number of halogens is 2. The van der Waals surface area contributed by atoms with Gasteiger partial charge in [0.15, 0.2) is 5.60 Å². The molecule has 0 spiro atoms. The maximum atomic E-state index is 11.5. The average molecular weight is 274 g/mol. The van der Waals surface area contributed by atoms with Crippen molar-refractivity contribution in [3.63, 3.8) is 0 Å². The van der Waals surface area contributed by atoms with Crippen LogP contribution in [0.3, 0.4) is 0 Å². The third-order valence-corrected chi connectivity index (χ3v) is 3.45. The number of carbonyl (C=O) groups excluding carboxylic acids is 1. The molecule has 1 aliphatic carbocycles. The summed E-state index contributed by atoms with van der Waals surface area (Å²) < 4.78 is 5.74. The van der Waals surface area contributed by atoms with Crippen molar-refractivity contribution < 1.29 is 9.53 Å². The highest BCUT2D eigenvalue weighted by Crippen LogP contribution is 2.36. The smallest absolute Gasteiger partial charge is 0.261 e. The Morgan fingerprint density at radius 2 is 1.71 bits per heavy atom. The first-order chi connectivity index (χ1) is 8.02. The Bertz CT molecular complexity index is 422. The lowest BCUT2D eigenvalue weighted by atomic mass is 10.0. The molecule has 2 N–H and O–H groups in total. The summed E-state index contributed by atoms with van der Waals surface area (Å²) >= 11 is 11.8. The Morgan fingerprint density at radius 3 is 2.18 bits per heavy atom. The van der Waals surface area contributed by atoms with Gasteiger partial charge < -0.3 is 10.5 Å². The van der Waals surface area contributed by atoms with Gasteiger partial charge in [0, 0.05) is 10.0 Å². The fourth-order valence-electron chi connectivity index (χ4n) is 2.16. The lowest BCUT2D eigenvalue weighted by molar-refractivity contribution is -0.132. The van der Waals surface area contributed by atoms with Crippen LogP contribution in [-0.4, -0.2) is 11.5 Å². The molecule has 0 atom stereocenters. The van der Waals surface area contributed by atoms with E-state index in [9.17, 15) is 4.79 Å². The monoisotopic (exact) mass is 273 g/mol. The van der Waals surface area contributed by atoms with E-state index in [0.29, 0.717) is 28.6 Å². The molecule has 1 aromatic rings. The van der Waals surface area contributed by atoms with E-state index in [-0.39, 0.29) is 0 Å². The molecule has 5 heteroatoms. The number of rotatable bonds is 3. The number of primary amides is 1. The topological polar surface area (TPSA) is 52.3 Å². The van der Waals surface area contributed by atoms with Crippen LogP contribution >= 0.6 is 23.2 Å². The van der Waals surface area contributed by atoms with Gasteiger partial charge in [-0.25, -0.2) is 0 Å². The quantitative estimate of drug-likeness (QED) is 0.920. The molecule has 1 fully saturated rings. The molecule has 0 radical (unpaired) electrons. The van der Waals surface area contributed by atoms with Gasteiger partial charge in [-0.1, -0.05) is 23.2 Å². The van der Waals surface area contributed by atoms with Crippen molar-refractivity contribution in [3.05, 3.63) is 28.2 Å². The zero-order chi connectivity index (χ0) is 12.5. The maximum absolute atomic E-state index is 11.5. The van der Waals surface area contributed by atoms with Crippen LogP contribution in [0.4, 0.5) is 0 Å². The van der Waals surface area contributed by atoms with Gasteiger partial charge in [0.1, 0.15) is 5.75 Å². The Labute approximate surface area is 110 Å². The molecular weight excluding hydrogens is 261 g/mol. The van der Waals surface area contributed by atoms with Crippen molar-refractivity contribution in [2.45, 2.75) is 31.3 Å². The van der Waals surface area contributed by atoms with Gasteiger partial charge in [0.05, 0.1) is 0 Å². The van der Waals surface area contributed by atoms with E-state index in [0.717, 1.165) is 12.8 Å². The second kappa shape index (κ2) is 4.75. The van der Waals surface area contributed by atoms with Gasteiger partial charge in [-0.3, -0.25) is 4.79 Å². The molecule has 1 saturated carbocycles. The molecule has 0 bridgehead atoms.